The van der Waals surface area contributed by atoms with Crippen molar-refractivity contribution >= 4 is 40.8 Å². The lowest BCUT2D eigenvalue weighted by molar-refractivity contribution is 0.0696. The molecule has 4 N–H and O–H groups in total. The Balaban J connectivity index is 1.94. The number of halogens is 2. The van der Waals surface area contributed by atoms with Gasteiger partial charge in [0.05, 0.1) is 5.56 Å². The van der Waals surface area contributed by atoms with Crippen LogP contribution in [0.3, 0.4) is 0 Å². The molecular formula is C27H24Cl2N2O3. The average molecular weight is 495 g/mol. The van der Waals surface area contributed by atoms with Gasteiger partial charge in [-0.2, -0.15) is 0 Å². The summed E-state index contributed by atoms with van der Waals surface area (Å²) in [6.45, 7) is 0. The normalized spacial score (nSPS) is 15.2. The van der Waals surface area contributed by atoms with Crippen molar-refractivity contribution in [2.75, 3.05) is 0 Å². The maximum atomic E-state index is 12.3. The Hall–Kier alpha value is -3.28. The van der Waals surface area contributed by atoms with Gasteiger partial charge in [-0.3, -0.25) is 0 Å². The van der Waals surface area contributed by atoms with Gasteiger partial charge in [-0.15, -0.1) is 0 Å². The number of rotatable bonds is 6. The maximum Gasteiger partial charge on any atom is 0.335 e. The quantitative estimate of drug-likeness (QED) is 0.336. The molecule has 174 valence electrons. The number of primary amides is 1. The van der Waals surface area contributed by atoms with Gasteiger partial charge < -0.3 is 16.2 Å². The molecule has 5 nitrogen and oxygen atoms in total. The highest BCUT2D eigenvalue weighted by Gasteiger charge is 2.38. The first-order valence-corrected chi connectivity index (χ1v) is 11.7. The van der Waals surface area contributed by atoms with Crippen molar-refractivity contribution in [2.24, 2.45) is 5.73 Å². The Morgan fingerprint density at radius 2 is 1.44 bits per heavy atom. The lowest BCUT2D eigenvalue weighted by atomic mass is 9.76. The second-order valence-electron chi connectivity index (χ2n) is 8.33. The summed E-state index contributed by atoms with van der Waals surface area (Å²) < 4.78 is 0. The highest BCUT2D eigenvalue weighted by Crippen LogP contribution is 2.40. The minimum absolute atomic E-state index is 0.125. The Morgan fingerprint density at radius 3 is 1.94 bits per heavy atom. The molecule has 4 rings (SSSR count). The molecule has 0 bridgehead atoms. The Bertz CT molecular complexity index is 1230. The summed E-state index contributed by atoms with van der Waals surface area (Å²) in [5.74, 6) is -1.05. The number of carboxylic acid groups (broad SMARTS) is 1. The minimum atomic E-state index is -1.25. The standard InChI is InChI=1S/C27H24Cl2N2O3/c28-23-14-22(15-24(29)16-23)27(31-26(30)34,21-12-8-19(9-13-21)25(32)33)20-10-6-18(7-11-20)17-4-2-1-3-5-17/h4,6-16H,1-3,5H2,(H,32,33)(H3,30,31,34). The summed E-state index contributed by atoms with van der Waals surface area (Å²) in [6, 6.07) is 18.5. The lowest BCUT2D eigenvalue weighted by Crippen LogP contribution is -2.50. The van der Waals surface area contributed by atoms with Gasteiger partial charge in [-0.1, -0.05) is 65.7 Å². The molecule has 0 radical (unpaired) electrons. The fourth-order valence-corrected chi connectivity index (χ4v) is 5.10. The van der Waals surface area contributed by atoms with Gasteiger partial charge in [-0.05, 0) is 83.8 Å². The van der Waals surface area contributed by atoms with Crippen molar-refractivity contribution < 1.29 is 14.7 Å². The first kappa shape index (κ1) is 23.9. The van der Waals surface area contributed by atoms with Crippen LogP contribution in [0.15, 0.2) is 72.8 Å². The van der Waals surface area contributed by atoms with Crippen LogP contribution >= 0.6 is 23.2 Å². The van der Waals surface area contributed by atoms with E-state index in [1.807, 2.05) is 24.3 Å². The number of carbonyl (C=O) groups excluding carboxylic acids is 1. The molecule has 1 aliphatic carbocycles. The van der Waals surface area contributed by atoms with Crippen LogP contribution in [0.5, 0.6) is 0 Å². The maximum absolute atomic E-state index is 12.3. The number of allylic oxidation sites excluding steroid dienone is 2. The second kappa shape index (κ2) is 9.92. The van der Waals surface area contributed by atoms with E-state index in [9.17, 15) is 14.7 Å². The van der Waals surface area contributed by atoms with E-state index in [0.717, 1.165) is 30.4 Å². The van der Waals surface area contributed by atoms with E-state index in [0.29, 0.717) is 21.2 Å². The van der Waals surface area contributed by atoms with E-state index in [2.05, 4.69) is 11.4 Å². The number of nitrogens with one attached hydrogen (secondary N) is 1. The van der Waals surface area contributed by atoms with Gasteiger partial charge in [0.1, 0.15) is 5.54 Å². The lowest BCUT2D eigenvalue weighted by Gasteiger charge is -2.36. The van der Waals surface area contributed by atoms with E-state index in [1.54, 1.807) is 30.3 Å². The third-order valence-corrected chi connectivity index (χ3v) is 6.59. The van der Waals surface area contributed by atoms with E-state index < -0.39 is 17.5 Å². The summed E-state index contributed by atoms with van der Waals surface area (Å²) in [4.78, 5) is 23.8. The van der Waals surface area contributed by atoms with E-state index >= 15 is 0 Å². The van der Waals surface area contributed by atoms with E-state index in [4.69, 9.17) is 28.9 Å². The van der Waals surface area contributed by atoms with Crippen LogP contribution in [-0.4, -0.2) is 17.1 Å². The van der Waals surface area contributed by atoms with Crippen molar-refractivity contribution in [3.63, 3.8) is 0 Å². The fraction of sp³-hybridized carbons (Fsp3) is 0.185. The summed E-state index contributed by atoms with van der Waals surface area (Å²) in [5, 5.41) is 13.0. The predicted octanol–water partition coefficient (Wildman–Crippen LogP) is 6.61. The Labute approximate surface area is 208 Å². The van der Waals surface area contributed by atoms with Gasteiger partial charge >= 0.3 is 12.0 Å². The van der Waals surface area contributed by atoms with Crippen LogP contribution in [0.4, 0.5) is 4.79 Å². The van der Waals surface area contributed by atoms with Crippen molar-refractivity contribution in [1.29, 1.82) is 0 Å². The number of hydrogen-bond donors (Lipinski definition) is 3. The number of aromatic carboxylic acids is 1. The molecule has 2 amide bonds. The zero-order valence-electron chi connectivity index (χ0n) is 18.4. The number of carboxylic acids is 1. The molecule has 0 fully saturated rings. The van der Waals surface area contributed by atoms with Crippen molar-refractivity contribution in [1.82, 2.24) is 5.32 Å². The van der Waals surface area contributed by atoms with Gasteiger partial charge in [0.2, 0.25) is 0 Å². The number of urea groups is 1. The highest BCUT2D eigenvalue weighted by molar-refractivity contribution is 6.34. The monoisotopic (exact) mass is 494 g/mol. The van der Waals surface area contributed by atoms with Crippen LogP contribution < -0.4 is 11.1 Å². The predicted molar refractivity (Wildman–Crippen MR) is 135 cm³/mol. The van der Waals surface area contributed by atoms with Crippen LogP contribution in [-0.2, 0) is 5.54 Å². The molecule has 0 aromatic heterocycles. The SMILES string of the molecule is NC(=O)NC(c1ccc(C(=O)O)cc1)(c1ccc(C2=CCCCC2)cc1)c1cc(Cl)cc(Cl)c1. The number of carbonyl (C=O) groups is 2. The highest BCUT2D eigenvalue weighted by atomic mass is 35.5. The number of benzene rings is 3. The molecule has 0 spiro atoms. The average Bonchev–Trinajstić information content (AvgIpc) is 2.82. The van der Waals surface area contributed by atoms with Crippen LogP contribution in [0.2, 0.25) is 10.0 Å². The molecule has 1 atom stereocenters. The smallest absolute Gasteiger partial charge is 0.335 e. The van der Waals surface area contributed by atoms with Gasteiger partial charge in [0, 0.05) is 10.0 Å². The van der Waals surface area contributed by atoms with Crippen molar-refractivity contribution in [2.45, 2.75) is 31.2 Å². The molecule has 3 aromatic rings. The summed E-state index contributed by atoms with van der Waals surface area (Å²) in [6.07, 6.45) is 6.74. The molecule has 3 aromatic carbocycles. The van der Waals surface area contributed by atoms with Crippen molar-refractivity contribution in [3.8, 4) is 0 Å². The Morgan fingerprint density at radius 1 is 0.853 bits per heavy atom. The summed E-state index contributed by atoms with van der Waals surface area (Å²) in [7, 11) is 0. The zero-order chi connectivity index (χ0) is 24.3. The molecule has 0 aliphatic heterocycles. The molecule has 1 unspecified atom stereocenters. The fourth-order valence-electron chi connectivity index (χ4n) is 4.57. The van der Waals surface area contributed by atoms with E-state index in [1.165, 1.54) is 24.1 Å². The third kappa shape index (κ3) is 4.81. The van der Waals surface area contributed by atoms with Gasteiger partial charge in [0.15, 0.2) is 0 Å². The van der Waals surface area contributed by atoms with Gasteiger partial charge in [0.25, 0.3) is 0 Å². The third-order valence-electron chi connectivity index (χ3n) is 6.15. The molecule has 0 heterocycles. The van der Waals surface area contributed by atoms with Crippen molar-refractivity contribution in [3.05, 3.63) is 111 Å². The minimum Gasteiger partial charge on any atom is -0.478 e. The molecule has 34 heavy (non-hydrogen) atoms. The number of amides is 2. The first-order chi connectivity index (χ1) is 16.3. The van der Waals surface area contributed by atoms with Crippen LogP contribution in [0, 0.1) is 0 Å². The number of hydrogen-bond acceptors (Lipinski definition) is 2. The van der Waals surface area contributed by atoms with Crippen LogP contribution in [0.25, 0.3) is 5.57 Å². The first-order valence-electron chi connectivity index (χ1n) is 11.0. The molecule has 0 saturated carbocycles. The zero-order valence-corrected chi connectivity index (χ0v) is 19.9. The summed E-state index contributed by atoms with van der Waals surface area (Å²) >= 11 is 12.7. The Kier molecular flexibility index (Phi) is 6.96. The topological polar surface area (TPSA) is 92.4 Å². The summed E-state index contributed by atoms with van der Waals surface area (Å²) in [5.41, 5.74) is 8.91. The molecule has 1 aliphatic rings. The van der Waals surface area contributed by atoms with E-state index in [-0.39, 0.29) is 5.56 Å². The molecule has 0 saturated heterocycles. The van der Waals surface area contributed by atoms with Crippen LogP contribution in [0.1, 0.15) is 58.3 Å². The largest absolute Gasteiger partial charge is 0.478 e. The molecule has 7 heteroatoms. The second-order valence-corrected chi connectivity index (χ2v) is 9.21. The molecular weight excluding hydrogens is 471 g/mol. The van der Waals surface area contributed by atoms with Gasteiger partial charge in [-0.25, -0.2) is 9.59 Å². The number of nitrogens with two attached hydrogens (primary N) is 1.